The van der Waals surface area contributed by atoms with Crippen molar-refractivity contribution < 1.29 is 18.4 Å². The predicted molar refractivity (Wildman–Crippen MR) is 81.1 cm³/mol. The summed E-state index contributed by atoms with van der Waals surface area (Å²) in [7, 11) is 0. The molecule has 24 heavy (non-hydrogen) atoms. The van der Waals surface area contributed by atoms with Crippen molar-refractivity contribution >= 4 is 11.8 Å². The molecule has 3 N–H and O–H groups in total. The molecule has 1 unspecified atom stereocenters. The Morgan fingerprint density at radius 2 is 2.00 bits per heavy atom. The van der Waals surface area contributed by atoms with Crippen LogP contribution in [0.25, 0.3) is 0 Å². The number of rotatable bonds is 3. The fourth-order valence-electron chi connectivity index (χ4n) is 2.93. The van der Waals surface area contributed by atoms with Gasteiger partial charge in [-0.05, 0) is 43.5 Å². The van der Waals surface area contributed by atoms with Crippen molar-refractivity contribution in [1.29, 1.82) is 0 Å². The molecular formula is C16H16F2N4O2. The molecule has 0 aliphatic carbocycles. The van der Waals surface area contributed by atoms with Crippen molar-refractivity contribution in [2.75, 3.05) is 6.54 Å². The van der Waals surface area contributed by atoms with E-state index >= 15 is 0 Å². The van der Waals surface area contributed by atoms with E-state index in [1.165, 1.54) is 12.1 Å². The maximum atomic E-state index is 13.4. The summed E-state index contributed by atoms with van der Waals surface area (Å²) in [5.41, 5.74) is 5.96. The minimum Gasteiger partial charge on any atom is -0.364 e. The summed E-state index contributed by atoms with van der Waals surface area (Å²) < 4.78 is 26.5. The van der Waals surface area contributed by atoms with Gasteiger partial charge in [0, 0.05) is 12.1 Å². The molecule has 1 fully saturated rings. The number of likely N-dealkylation sites (tertiary alicyclic amines) is 1. The molecule has 6 nitrogen and oxygen atoms in total. The summed E-state index contributed by atoms with van der Waals surface area (Å²) in [6.07, 6.45) is 2.38. The van der Waals surface area contributed by atoms with Crippen LogP contribution >= 0.6 is 0 Å². The number of nitrogens with one attached hydrogen (secondary N) is 1. The van der Waals surface area contributed by atoms with Crippen LogP contribution in [-0.2, 0) is 0 Å². The zero-order valence-corrected chi connectivity index (χ0v) is 12.8. The zero-order valence-electron chi connectivity index (χ0n) is 12.8. The number of benzene rings is 1. The first-order chi connectivity index (χ1) is 11.5. The van der Waals surface area contributed by atoms with E-state index in [9.17, 15) is 18.4 Å². The van der Waals surface area contributed by atoms with Crippen LogP contribution in [0, 0.1) is 11.6 Å². The highest BCUT2D eigenvalue weighted by Crippen LogP contribution is 2.31. The van der Waals surface area contributed by atoms with Crippen molar-refractivity contribution in [3.63, 3.8) is 0 Å². The summed E-state index contributed by atoms with van der Waals surface area (Å²) >= 11 is 0. The van der Waals surface area contributed by atoms with E-state index in [2.05, 4.69) is 10.2 Å². The number of hydrogen-bond donors (Lipinski definition) is 2. The van der Waals surface area contributed by atoms with Gasteiger partial charge in [-0.15, -0.1) is 0 Å². The Hall–Kier alpha value is -2.77. The van der Waals surface area contributed by atoms with Gasteiger partial charge in [0.15, 0.2) is 11.6 Å². The topological polar surface area (TPSA) is 92.1 Å². The standard InChI is InChI=1S/C16H16F2N4O2/c17-10-5-4-9(7-11(10)18)16(24)22-6-2-1-3-14(22)12-8-13(15(19)23)21-20-12/h4-5,7-8,14H,1-3,6H2,(H2,19,23)(H,20,21). The molecule has 2 aromatic rings. The molecule has 2 heterocycles. The Morgan fingerprint density at radius 1 is 1.21 bits per heavy atom. The van der Waals surface area contributed by atoms with Crippen LogP contribution in [0.15, 0.2) is 24.3 Å². The van der Waals surface area contributed by atoms with E-state index in [0.29, 0.717) is 18.7 Å². The van der Waals surface area contributed by atoms with Crippen molar-refractivity contribution in [3.8, 4) is 0 Å². The van der Waals surface area contributed by atoms with Crippen LogP contribution in [0.3, 0.4) is 0 Å². The van der Waals surface area contributed by atoms with Gasteiger partial charge in [0.25, 0.3) is 11.8 Å². The first-order valence-electron chi connectivity index (χ1n) is 7.58. The van der Waals surface area contributed by atoms with E-state index < -0.39 is 23.4 Å². The molecule has 0 saturated carbocycles. The number of H-pyrrole nitrogens is 1. The Bertz CT molecular complexity index is 790. The molecule has 1 aromatic carbocycles. The minimum absolute atomic E-state index is 0.0791. The summed E-state index contributed by atoms with van der Waals surface area (Å²) in [6.45, 7) is 0.480. The Labute approximate surface area is 136 Å². The molecule has 3 rings (SSSR count). The van der Waals surface area contributed by atoms with Crippen LogP contribution < -0.4 is 5.73 Å². The second-order valence-electron chi connectivity index (χ2n) is 5.71. The van der Waals surface area contributed by atoms with Crippen LogP contribution in [0.2, 0.25) is 0 Å². The number of hydrogen-bond acceptors (Lipinski definition) is 3. The number of halogens is 2. The van der Waals surface area contributed by atoms with Gasteiger partial charge in [-0.3, -0.25) is 14.7 Å². The molecule has 0 radical (unpaired) electrons. The lowest BCUT2D eigenvalue weighted by atomic mass is 9.98. The second-order valence-corrected chi connectivity index (χ2v) is 5.71. The highest BCUT2D eigenvalue weighted by molar-refractivity contribution is 5.94. The smallest absolute Gasteiger partial charge is 0.269 e. The number of carbonyl (C=O) groups is 2. The SMILES string of the molecule is NC(=O)c1cc(C2CCCCN2C(=O)c2ccc(F)c(F)c2)[nH]n1. The number of primary amides is 1. The maximum Gasteiger partial charge on any atom is 0.269 e. The van der Waals surface area contributed by atoms with E-state index in [4.69, 9.17) is 5.73 Å². The van der Waals surface area contributed by atoms with Crippen LogP contribution in [0.5, 0.6) is 0 Å². The third-order valence-electron chi connectivity index (χ3n) is 4.14. The number of aromatic nitrogens is 2. The molecule has 126 valence electrons. The molecule has 1 aliphatic heterocycles. The van der Waals surface area contributed by atoms with E-state index in [0.717, 1.165) is 25.0 Å². The summed E-state index contributed by atoms with van der Waals surface area (Å²) in [5, 5.41) is 6.57. The van der Waals surface area contributed by atoms with Gasteiger partial charge >= 0.3 is 0 Å². The largest absolute Gasteiger partial charge is 0.364 e. The average molecular weight is 334 g/mol. The lowest BCUT2D eigenvalue weighted by Crippen LogP contribution is -2.38. The summed E-state index contributed by atoms with van der Waals surface area (Å²) in [5.74, 6) is -3.12. The van der Waals surface area contributed by atoms with Gasteiger partial charge in [0.1, 0.15) is 5.69 Å². The number of piperidine rings is 1. The lowest BCUT2D eigenvalue weighted by Gasteiger charge is -2.35. The molecule has 2 amide bonds. The fraction of sp³-hybridized carbons (Fsp3) is 0.312. The molecule has 1 aliphatic rings. The van der Waals surface area contributed by atoms with Gasteiger partial charge in [0.05, 0.1) is 11.7 Å². The predicted octanol–water partition coefficient (Wildman–Crippen LogP) is 2.15. The molecule has 0 bridgehead atoms. The van der Waals surface area contributed by atoms with Crippen molar-refractivity contribution in [2.45, 2.75) is 25.3 Å². The monoisotopic (exact) mass is 334 g/mol. The van der Waals surface area contributed by atoms with Crippen molar-refractivity contribution in [3.05, 3.63) is 52.9 Å². The van der Waals surface area contributed by atoms with Crippen LogP contribution in [-0.4, -0.2) is 33.5 Å². The molecule has 1 atom stereocenters. The van der Waals surface area contributed by atoms with Gasteiger partial charge in [-0.25, -0.2) is 8.78 Å². The van der Waals surface area contributed by atoms with Crippen molar-refractivity contribution in [2.24, 2.45) is 5.73 Å². The Morgan fingerprint density at radius 3 is 2.67 bits per heavy atom. The fourth-order valence-corrected chi connectivity index (χ4v) is 2.93. The quantitative estimate of drug-likeness (QED) is 0.901. The maximum absolute atomic E-state index is 13.4. The normalized spacial score (nSPS) is 17.8. The van der Waals surface area contributed by atoms with Gasteiger partial charge in [-0.1, -0.05) is 0 Å². The van der Waals surface area contributed by atoms with E-state index in [1.54, 1.807) is 4.90 Å². The van der Waals surface area contributed by atoms with Gasteiger partial charge < -0.3 is 10.6 Å². The summed E-state index contributed by atoms with van der Waals surface area (Å²) in [6, 6.07) is 4.28. The molecule has 1 aromatic heterocycles. The zero-order chi connectivity index (χ0) is 17.3. The number of carbonyl (C=O) groups excluding carboxylic acids is 2. The Kier molecular flexibility index (Phi) is 4.28. The highest BCUT2D eigenvalue weighted by Gasteiger charge is 2.30. The highest BCUT2D eigenvalue weighted by atomic mass is 19.2. The lowest BCUT2D eigenvalue weighted by molar-refractivity contribution is 0.0605. The van der Waals surface area contributed by atoms with Crippen molar-refractivity contribution in [1.82, 2.24) is 15.1 Å². The average Bonchev–Trinajstić information content (AvgIpc) is 3.07. The van der Waals surface area contributed by atoms with E-state index in [1.807, 2.05) is 0 Å². The molecule has 0 spiro atoms. The minimum atomic E-state index is -1.06. The molecule has 1 saturated heterocycles. The van der Waals surface area contributed by atoms with Gasteiger partial charge in [0.2, 0.25) is 0 Å². The third-order valence-corrected chi connectivity index (χ3v) is 4.14. The van der Waals surface area contributed by atoms with Crippen LogP contribution in [0.1, 0.15) is 51.8 Å². The number of nitrogens with zero attached hydrogens (tertiary/aromatic N) is 2. The van der Waals surface area contributed by atoms with Gasteiger partial charge in [-0.2, -0.15) is 5.10 Å². The summed E-state index contributed by atoms with van der Waals surface area (Å²) in [4.78, 5) is 25.5. The van der Waals surface area contributed by atoms with Crippen LogP contribution in [0.4, 0.5) is 8.78 Å². The third kappa shape index (κ3) is 2.99. The molecule has 8 heteroatoms. The number of nitrogens with two attached hydrogens (primary N) is 1. The van der Waals surface area contributed by atoms with E-state index in [-0.39, 0.29) is 17.3 Å². The first-order valence-corrected chi connectivity index (χ1v) is 7.58. The number of aromatic amines is 1. The second kappa shape index (κ2) is 6.38. The number of amides is 2. The molecular weight excluding hydrogens is 318 g/mol. The first kappa shape index (κ1) is 16.1. The Balaban J connectivity index is 1.89.